The van der Waals surface area contributed by atoms with Gasteiger partial charge in [-0.15, -0.1) is 11.3 Å². The molecule has 24 heavy (non-hydrogen) atoms. The number of carbonyl (C=O) groups is 2. The number of nitrogens with zero attached hydrogens (tertiary/aromatic N) is 3. The van der Waals surface area contributed by atoms with E-state index >= 15 is 0 Å². The van der Waals surface area contributed by atoms with Gasteiger partial charge in [0.25, 0.3) is 5.91 Å². The van der Waals surface area contributed by atoms with Gasteiger partial charge < -0.3 is 9.32 Å². The number of hydrogen-bond donors (Lipinski definition) is 0. The van der Waals surface area contributed by atoms with E-state index in [9.17, 15) is 9.59 Å². The van der Waals surface area contributed by atoms with Crippen LogP contribution in [0.25, 0.3) is 0 Å². The number of carbonyl (C=O) groups excluding carboxylic acids is 2. The molecule has 3 heterocycles. The van der Waals surface area contributed by atoms with Crippen molar-refractivity contribution in [3.8, 4) is 0 Å². The molecule has 0 radical (unpaired) electrons. The summed E-state index contributed by atoms with van der Waals surface area (Å²) < 4.78 is 5.49. The second-order valence-corrected chi connectivity index (χ2v) is 6.55. The highest BCUT2D eigenvalue weighted by Gasteiger charge is 2.35. The molecule has 1 aliphatic rings. The first-order valence-corrected chi connectivity index (χ1v) is 8.69. The van der Waals surface area contributed by atoms with Crippen molar-refractivity contribution in [3.63, 3.8) is 0 Å². The topological polar surface area (TPSA) is 66.1 Å². The SMILES string of the molecule is CCC(=O)N(C)CC(=O)N1N=C(c2cccs2)CC1c1ccco1. The normalized spacial score (nSPS) is 17.0. The maximum atomic E-state index is 12.7. The van der Waals surface area contributed by atoms with Gasteiger partial charge in [-0.25, -0.2) is 5.01 Å². The third-order valence-electron chi connectivity index (χ3n) is 3.94. The van der Waals surface area contributed by atoms with E-state index in [0.717, 1.165) is 10.6 Å². The van der Waals surface area contributed by atoms with Gasteiger partial charge >= 0.3 is 0 Å². The molecule has 126 valence electrons. The summed E-state index contributed by atoms with van der Waals surface area (Å²) >= 11 is 1.59. The lowest BCUT2D eigenvalue weighted by Crippen LogP contribution is -2.38. The van der Waals surface area contributed by atoms with Gasteiger partial charge in [-0.1, -0.05) is 13.0 Å². The summed E-state index contributed by atoms with van der Waals surface area (Å²) in [5.41, 5.74) is 0.865. The zero-order valence-electron chi connectivity index (χ0n) is 13.6. The molecule has 2 amide bonds. The number of rotatable bonds is 5. The van der Waals surface area contributed by atoms with Gasteiger partial charge in [0.15, 0.2) is 0 Å². The second kappa shape index (κ2) is 7.00. The summed E-state index contributed by atoms with van der Waals surface area (Å²) in [4.78, 5) is 26.9. The van der Waals surface area contributed by atoms with Crippen molar-refractivity contribution in [1.29, 1.82) is 0 Å². The Kier molecular flexibility index (Phi) is 4.80. The fourth-order valence-corrected chi connectivity index (χ4v) is 3.39. The van der Waals surface area contributed by atoms with Gasteiger partial charge in [-0.3, -0.25) is 9.59 Å². The minimum Gasteiger partial charge on any atom is -0.467 e. The van der Waals surface area contributed by atoms with E-state index in [4.69, 9.17) is 4.42 Å². The van der Waals surface area contributed by atoms with Crippen molar-refractivity contribution in [2.45, 2.75) is 25.8 Å². The molecular formula is C17H19N3O3S. The molecule has 1 atom stereocenters. The lowest BCUT2D eigenvalue weighted by atomic mass is 10.1. The van der Waals surface area contributed by atoms with Crippen molar-refractivity contribution in [2.75, 3.05) is 13.6 Å². The zero-order chi connectivity index (χ0) is 17.1. The molecule has 1 aliphatic heterocycles. The molecule has 0 spiro atoms. The van der Waals surface area contributed by atoms with Gasteiger partial charge in [-0.2, -0.15) is 5.10 Å². The largest absolute Gasteiger partial charge is 0.467 e. The van der Waals surface area contributed by atoms with Gasteiger partial charge in [0, 0.05) is 19.9 Å². The van der Waals surface area contributed by atoms with Crippen molar-refractivity contribution in [2.24, 2.45) is 5.10 Å². The highest BCUT2D eigenvalue weighted by molar-refractivity contribution is 7.12. The van der Waals surface area contributed by atoms with E-state index in [1.165, 1.54) is 9.91 Å². The van der Waals surface area contributed by atoms with Crippen LogP contribution in [0.4, 0.5) is 0 Å². The Balaban J connectivity index is 1.83. The van der Waals surface area contributed by atoms with Crippen LogP contribution < -0.4 is 0 Å². The molecular weight excluding hydrogens is 326 g/mol. The lowest BCUT2D eigenvalue weighted by molar-refractivity contribution is -0.140. The van der Waals surface area contributed by atoms with Crippen LogP contribution in [-0.2, 0) is 9.59 Å². The van der Waals surface area contributed by atoms with Crippen molar-refractivity contribution < 1.29 is 14.0 Å². The standard InChI is InChI=1S/C17H19N3O3S/c1-3-16(21)19(2)11-17(22)20-13(14-6-4-8-23-14)10-12(18-20)15-7-5-9-24-15/h4-9,13H,3,10-11H2,1-2H3. The Hall–Kier alpha value is -2.41. The number of likely N-dealkylation sites (N-methyl/N-ethyl adjacent to an activating group) is 1. The van der Waals surface area contributed by atoms with E-state index in [1.807, 2.05) is 23.6 Å². The summed E-state index contributed by atoms with van der Waals surface area (Å²) in [6.07, 6.45) is 2.56. The summed E-state index contributed by atoms with van der Waals surface area (Å²) in [7, 11) is 1.63. The molecule has 0 saturated heterocycles. The summed E-state index contributed by atoms with van der Waals surface area (Å²) in [5, 5.41) is 7.95. The summed E-state index contributed by atoms with van der Waals surface area (Å²) in [5.74, 6) is 0.412. The molecule has 7 heteroatoms. The van der Waals surface area contributed by atoms with Crippen LogP contribution in [0.1, 0.15) is 36.4 Å². The Labute approximate surface area is 144 Å². The molecule has 0 fully saturated rings. The van der Waals surface area contributed by atoms with Crippen molar-refractivity contribution in [1.82, 2.24) is 9.91 Å². The van der Waals surface area contributed by atoms with E-state index in [-0.39, 0.29) is 24.4 Å². The van der Waals surface area contributed by atoms with Gasteiger partial charge in [0.05, 0.1) is 16.9 Å². The molecule has 0 N–H and O–H groups in total. The highest BCUT2D eigenvalue weighted by Crippen LogP contribution is 2.34. The molecule has 0 aliphatic carbocycles. The third kappa shape index (κ3) is 3.26. The van der Waals surface area contributed by atoms with Gasteiger partial charge in [-0.05, 0) is 23.6 Å². The number of hydrazone groups is 1. The van der Waals surface area contributed by atoms with Crippen LogP contribution in [-0.4, -0.2) is 41.0 Å². The molecule has 0 bridgehead atoms. The minimum absolute atomic E-state index is 0.00506. The maximum Gasteiger partial charge on any atom is 0.262 e. The Morgan fingerprint density at radius 1 is 1.42 bits per heavy atom. The first-order valence-electron chi connectivity index (χ1n) is 7.81. The fraction of sp³-hybridized carbons (Fsp3) is 0.353. The predicted octanol–water partition coefficient (Wildman–Crippen LogP) is 2.89. The van der Waals surface area contributed by atoms with Gasteiger partial charge in [0.2, 0.25) is 5.91 Å². The first-order chi connectivity index (χ1) is 11.6. The predicted molar refractivity (Wildman–Crippen MR) is 91.7 cm³/mol. The summed E-state index contributed by atoms with van der Waals surface area (Å²) in [6, 6.07) is 7.33. The number of thiophene rings is 1. The van der Waals surface area contributed by atoms with E-state index < -0.39 is 0 Å². The monoisotopic (exact) mass is 345 g/mol. The number of furan rings is 1. The average Bonchev–Trinajstić information content (AvgIpc) is 3.33. The Bertz CT molecular complexity index is 737. The van der Waals surface area contributed by atoms with E-state index in [1.54, 1.807) is 37.6 Å². The van der Waals surface area contributed by atoms with E-state index in [2.05, 4.69) is 5.10 Å². The van der Waals surface area contributed by atoms with Crippen LogP contribution in [0.15, 0.2) is 45.4 Å². The van der Waals surface area contributed by atoms with Crippen molar-refractivity contribution in [3.05, 3.63) is 46.5 Å². The molecule has 2 aromatic heterocycles. The highest BCUT2D eigenvalue weighted by atomic mass is 32.1. The fourth-order valence-electron chi connectivity index (χ4n) is 2.67. The lowest BCUT2D eigenvalue weighted by Gasteiger charge is -2.23. The van der Waals surface area contributed by atoms with Crippen LogP contribution >= 0.6 is 11.3 Å². The zero-order valence-corrected chi connectivity index (χ0v) is 14.5. The molecule has 6 nitrogen and oxygen atoms in total. The molecule has 0 aromatic carbocycles. The quantitative estimate of drug-likeness (QED) is 0.837. The molecule has 0 saturated carbocycles. The van der Waals surface area contributed by atoms with Crippen LogP contribution in [0.5, 0.6) is 0 Å². The average molecular weight is 345 g/mol. The first kappa shape index (κ1) is 16.4. The molecule has 2 aromatic rings. The van der Waals surface area contributed by atoms with Gasteiger partial charge in [0.1, 0.15) is 18.3 Å². The van der Waals surface area contributed by atoms with Crippen LogP contribution in [0.3, 0.4) is 0 Å². The Morgan fingerprint density at radius 2 is 2.25 bits per heavy atom. The van der Waals surface area contributed by atoms with Crippen molar-refractivity contribution >= 4 is 28.9 Å². The molecule has 1 unspecified atom stereocenters. The number of amides is 2. The van der Waals surface area contributed by atoms with E-state index in [0.29, 0.717) is 18.6 Å². The van der Waals surface area contributed by atoms with Crippen LogP contribution in [0.2, 0.25) is 0 Å². The Morgan fingerprint density at radius 3 is 2.88 bits per heavy atom. The minimum atomic E-state index is -0.269. The smallest absolute Gasteiger partial charge is 0.262 e. The maximum absolute atomic E-state index is 12.7. The van der Waals surface area contributed by atoms with Crippen LogP contribution in [0, 0.1) is 0 Å². The third-order valence-corrected chi connectivity index (χ3v) is 4.86. The molecule has 3 rings (SSSR count). The summed E-state index contributed by atoms with van der Waals surface area (Å²) in [6.45, 7) is 1.78. The second-order valence-electron chi connectivity index (χ2n) is 5.60. The number of hydrogen-bond acceptors (Lipinski definition) is 5.